The summed E-state index contributed by atoms with van der Waals surface area (Å²) >= 11 is 1.48. The Labute approximate surface area is 93.6 Å². The van der Waals surface area contributed by atoms with Crippen molar-refractivity contribution < 1.29 is 9.47 Å². The zero-order chi connectivity index (χ0) is 11.1. The summed E-state index contributed by atoms with van der Waals surface area (Å²) in [6.45, 7) is 5.78. The number of nitrogens with zero attached hydrogens (tertiary/aromatic N) is 1. The van der Waals surface area contributed by atoms with Crippen molar-refractivity contribution in [3.05, 3.63) is 11.1 Å². The number of nitrogen functional groups attached to an aromatic ring is 1. The topological polar surface area (TPSA) is 69.4 Å². The van der Waals surface area contributed by atoms with Gasteiger partial charge in [-0.2, -0.15) is 0 Å². The molecule has 0 aliphatic rings. The molecule has 1 heterocycles. The molecule has 0 spiro atoms. The van der Waals surface area contributed by atoms with Crippen LogP contribution in [0.3, 0.4) is 0 Å². The maximum Gasteiger partial charge on any atom is 0.197 e. The molecule has 0 aromatic carbocycles. The average Bonchev–Trinajstić information content (AvgIpc) is 2.65. The fourth-order valence-corrected chi connectivity index (χ4v) is 1.62. The van der Waals surface area contributed by atoms with Gasteiger partial charge in [-0.15, -0.1) is 0 Å². The fraction of sp³-hybridized carbons (Fsp3) is 0.667. The van der Waals surface area contributed by atoms with E-state index in [1.807, 2.05) is 13.8 Å². The van der Waals surface area contributed by atoms with Gasteiger partial charge in [-0.25, -0.2) is 10.8 Å². The first kappa shape index (κ1) is 12.4. The second-order valence-corrected chi connectivity index (χ2v) is 4.36. The largest absolute Gasteiger partial charge is 0.376 e. The molecule has 0 fully saturated rings. The van der Waals surface area contributed by atoms with Crippen LogP contribution in [0, 0.1) is 0 Å². The second kappa shape index (κ2) is 6.73. The molecule has 0 saturated heterocycles. The standard InChI is InChI=1S/C9H17N3O2S/c1-7(2)14-4-3-13-6-8-5-11-9(12-10)15-8/h5,7H,3-4,6,10H2,1-2H3,(H,11,12). The van der Waals surface area contributed by atoms with Gasteiger partial charge >= 0.3 is 0 Å². The summed E-state index contributed by atoms with van der Waals surface area (Å²) in [5.41, 5.74) is 2.49. The first-order chi connectivity index (χ1) is 7.22. The van der Waals surface area contributed by atoms with E-state index in [9.17, 15) is 0 Å². The Morgan fingerprint density at radius 2 is 2.33 bits per heavy atom. The number of hydrogen-bond acceptors (Lipinski definition) is 6. The summed E-state index contributed by atoms with van der Waals surface area (Å²) in [6.07, 6.45) is 2.01. The SMILES string of the molecule is CC(C)OCCOCc1cnc(NN)s1. The zero-order valence-electron chi connectivity index (χ0n) is 9.03. The van der Waals surface area contributed by atoms with Crippen LogP contribution in [0.2, 0.25) is 0 Å². The van der Waals surface area contributed by atoms with Gasteiger partial charge in [-0.3, -0.25) is 5.43 Å². The average molecular weight is 231 g/mol. The van der Waals surface area contributed by atoms with Crippen LogP contribution in [-0.2, 0) is 16.1 Å². The van der Waals surface area contributed by atoms with Crippen molar-refractivity contribution in [2.24, 2.45) is 5.84 Å². The summed E-state index contributed by atoms with van der Waals surface area (Å²) in [5, 5.41) is 0.701. The quantitative estimate of drug-likeness (QED) is 0.421. The smallest absolute Gasteiger partial charge is 0.197 e. The van der Waals surface area contributed by atoms with E-state index < -0.39 is 0 Å². The molecule has 15 heavy (non-hydrogen) atoms. The Morgan fingerprint density at radius 3 is 2.93 bits per heavy atom. The fourth-order valence-electron chi connectivity index (χ4n) is 0.956. The Kier molecular flexibility index (Phi) is 5.56. The van der Waals surface area contributed by atoms with Crippen molar-refractivity contribution in [1.29, 1.82) is 0 Å². The van der Waals surface area contributed by atoms with Crippen molar-refractivity contribution >= 4 is 16.5 Å². The molecule has 1 aromatic heterocycles. The number of thiazole rings is 1. The van der Waals surface area contributed by atoms with Gasteiger partial charge in [-0.1, -0.05) is 11.3 Å². The molecule has 0 radical (unpaired) electrons. The molecule has 0 aliphatic heterocycles. The van der Waals surface area contributed by atoms with Crippen molar-refractivity contribution in [3.63, 3.8) is 0 Å². The van der Waals surface area contributed by atoms with Gasteiger partial charge in [-0.05, 0) is 13.8 Å². The molecule has 5 nitrogen and oxygen atoms in total. The molecule has 0 unspecified atom stereocenters. The summed E-state index contributed by atoms with van der Waals surface area (Å²) in [7, 11) is 0. The third-order valence-electron chi connectivity index (χ3n) is 1.60. The minimum absolute atomic E-state index is 0.255. The number of nitrogens with two attached hydrogens (primary N) is 1. The molecular formula is C9H17N3O2S. The number of aromatic nitrogens is 1. The summed E-state index contributed by atoms with van der Waals surface area (Å²) in [6, 6.07) is 0. The van der Waals surface area contributed by atoms with Gasteiger partial charge in [0.15, 0.2) is 5.13 Å². The lowest BCUT2D eigenvalue weighted by molar-refractivity contribution is 0.0149. The Bertz CT molecular complexity index is 278. The van der Waals surface area contributed by atoms with E-state index in [0.29, 0.717) is 25.0 Å². The van der Waals surface area contributed by atoms with Crippen LogP contribution >= 0.6 is 11.3 Å². The maximum atomic E-state index is 5.40. The minimum Gasteiger partial charge on any atom is -0.376 e. The van der Waals surface area contributed by atoms with E-state index in [4.69, 9.17) is 15.3 Å². The molecular weight excluding hydrogens is 214 g/mol. The number of anilines is 1. The van der Waals surface area contributed by atoms with E-state index in [0.717, 1.165) is 4.88 Å². The van der Waals surface area contributed by atoms with Crippen LogP contribution in [0.25, 0.3) is 0 Å². The summed E-state index contributed by atoms with van der Waals surface area (Å²) < 4.78 is 10.7. The molecule has 0 amide bonds. The maximum absolute atomic E-state index is 5.40. The van der Waals surface area contributed by atoms with Crippen LogP contribution in [0.1, 0.15) is 18.7 Å². The predicted octanol–water partition coefficient (Wildman–Crippen LogP) is 1.37. The van der Waals surface area contributed by atoms with E-state index in [-0.39, 0.29) is 6.10 Å². The van der Waals surface area contributed by atoms with Crippen LogP contribution in [-0.4, -0.2) is 24.3 Å². The van der Waals surface area contributed by atoms with Crippen molar-refractivity contribution in [2.45, 2.75) is 26.6 Å². The van der Waals surface area contributed by atoms with E-state index in [1.165, 1.54) is 11.3 Å². The van der Waals surface area contributed by atoms with Gasteiger partial charge in [0.25, 0.3) is 0 Å². The van der Waals surface area contributed by atoms with E-state index in [2.05, 4.69) is 10.4 Å². The van der Waals surface area contributed by atoms with Crippen molar-refractivity contribution in [2.75, 3.05) is 18.6 Å². The normalized spacial score (nSPS) is 10.9. The van der Waals surface area contributed by atoms with Gasteiger partial charge < -0.3 is 9.47 Å². The third-order valence-corrected chi connectivity index (χ3v) is 2.50. The van der Waals surface area contributed by atoms with Gasteiger partial charge in [0.1, 0.15) is 0 Å². The minimum atomic E-state index is 0.255. The highest BCUT2D eigenvalue weighted by Gasteiger charge is 2.00. The number of nitrogens with one attached hydrogen (secondary N) is 1. The Balaban J connectivity index is 2.09. The molecule has 1 rings (SSSR count). The Hall–Kier alpha value is -0.690. The zero-order valence-corrected chi connectivity index (χ0v) is 9.84. The highest BCUT2D eigenvalue weighted by Crippen LogP contribution is 2.17. The summed E-state index contributed by atoms with van der Waals surface area (Å²) in [5.74, 6) is 5.21. The lowest BCUT2D eigenvalue weighted by Crippen LogP contribution is -2.09. The van der Waals surface area contributed by atoms with Crippen LogP contribution in [0.5, 0.6) is 0 Å². The Morgan fingerprint density at radius 1 is 1.53 bits per heavy atom. The number of hydrazine groups is 1. The number of hydrogen-bond donors (Lipinski definition) is 2. The van der Waals surface area contributed by atoms with Crippen molar-refractivity contribution in [3.8, 4) is 0 Å². The molecule has 3 N–H and O–H groups in total. The molecule has 0 aliphatic carbocycles. The molecule has 6 heteroatoms. The molecule has 0 saturated carbocycles. The number of ether oxygens (including phenoxy) is 2. The highest BCUT2D eigenvalue weighted by atomic mass is 32.1. The molecule has 1 aromatic rings. The molecule has 86 valence electrons. The molecule has 0 bridgehead atoms. The molecule has 0 atom stereocenters. The van der Waals surface area contributed by atoms with Gasteiger partial charge in [0.05, 0.1) is 30.8 Å². The predicted molar refractivity (Wildman–Crippen MR) is 60.7 cm³/mol. The third kappa shape index (κ3) is 5.08. The van der Waals surface area contributed by atoms with Gasteiger partial charge in [0.2, 0.25) is 0 Å². The first-order valence-electron chi connectivity index (χ1n) is 4.83. The van der Waals surface area contributed by atoms with Crippen LogP contribution in [0.4, 0.5) is 5.13 Å². The highest BCUT2D eigenvalue weighted by molar-refractivity contribution is 7.15. The lowest BCUT2D eigenvalue weighted by atomic mass is 10.5. The van der Waals surface area contributed by atoms with E-state index in [1.54, 1.807) is 6.20 Å². The number of rotatable bonds is 7. The van der Waals surface area contributed by atoms with E-state index >= 15 is 0 Å². The van der Waals surface area contributed by atoms with Gasteiger partial charge in [0, 0.05) is 6.20 Å². The summed E-state index contributed by atoms with van der Waals surface area (Å²) in [4.78, 5) is 5.08. The van der Waals surface area contributed by atoms with Crippen molar-refractivity contribution in [1.82, 2.24) is 4.98 Å². The second-order valence-electron chi connectivity index (χ2n) is 3.25. The monoisotopic (exact) mass is 231 g/mol. The van der Waals surface area contributed by atoms with Crippen LogP contribution in [0.15, 0.2) is 6.20 Å². The van der Waals surface area contributed by atoms with Crippen LogP contribution < -0.4 is 11.3 Å². The first-order valence-corrected chi connectivity index (χ1v) is 5.64. The lowest BCUT2D eigenvalue weighted by Gasteiger charge is -2.06.